The Bertz CT molecular complexity index is 742. The van der Waals surface area contributed by atoms with Crippen LogP contribution < -0.4 is 10.7 Å². The van der Waals surface area contributed by atoms with Crippen molar-refractivity contribution in [1.82, 2.24) is 5.43 Å². The van der Waals surface area contributed by atoms with Crippen LogP contribution in [-0.4, -0.2) is 18.0 Å². The largest absolute Gasteiger partial charge is 0.326 e. The first-order valence-corrected chi connectivity index (χ1v) is 7.96. The highest BCUT2D eigenvalue weighted by atomic mass is 35.5. The van der Waals surface area contributed by atoms with E-state index in [1.165, 1.54) is 6.21 Å². The van der Waals surface area contributed by atoms with Gasteiger partial charge in [-0.2, -0.15) is 5.10 Å². The summed E-state index contributed by atoms with van der Waals surface area (Å²) in [6, 6.07) is 13.8. The molecule has 0 saturated carbocycles. The topological polar surface area (TPSA) is 70.6 Å². The highest BCUT2D eigenvalue weighted by Crippen LogP contribution is 2.12. The van der Waals surface area contributed by atoms with Crippen LogP contribution in [0, 0.1) is 0 Å². The average Bonchev–Trinajstić information content (AvgIpc) is 2.57. The molecule has 2 amide bonds. The Morgan fingerprint density at radius 1 is 1.12 bits per heavy atom. The van der Waals surface area contributed by atoms with E-state index in [1.54, 1.807) is 36.4 Å². The number of halogens is 1. The number of rotatable bonds is 6. The van der Waals surface area contributed by atoms with Gasteiger partial charge in [-0.25, -0.2) is 5.43 Å². The van der Waals surface area contributed by atoms with Crippen molar-refractivity contribution in [1.29, 1.82) is 0 Å². The van der Waals surface area contributed by atoms with Crippen LogP contribution in [-0.2, 0) is 4.79 Å². The minimum absolute atomic E-state index is 0.0426. The lowest BCUT2D eigenvalue weighted by molar-refractivity contribution is -0.116. The zero-order valence-corrected chi connectivity index (χ0v) is 14.0. The standard InChI is InChI=1S/C18H18ClN3O2/c1-2-5-17(23)21-15-10-8-13(9-11-15)18(24)22-20-12-14-6-3-4-7-16(14)19/h3-4,6-12H,2,5H2,1H3,(H,21,23)(H,22,24)/b20-12+. The molecular formula is C18H18ClN3O2. The summed E-state index contributed by atoms with van der Waals surface area (Å²) in [4.78, 5) is 23.5. The van der Waals surface area contributed by atoms with E-state index in [9.17, 15) is 9.59 Å². The van der Waals surface area contributed by atoms with Gasteiger partial charge in [-0.3, -0.25) is 9.59 Å². The van der Waals surface area contributed by atoms with Gasteiger partial charge in [0.15, 0.2) is 0 Å². The summed E-state index contributed by atoms with van der Waals surface area (Å²) in [5.41, 5.74) is 4.26. The molecule has 0 aliphatic rings. The molecule has 0 aromatic heterocycles. The van der Waals surface area contributed by atoms with Crippen molar-refractivity contribution in [3.63, 3.8) is 0 Å². The predicted octanol–water partition coefficient (Wildman–Crippen LogP) is 3.84. The van der Waals surface area contributed by atoms with E-state index in [-0.39, 0.29) is 11.8 Å². The minimum atomic E-state index is -0.343. The van der Waals surface area contributed by atoms with Gasteiger partial charge in [0.05, 0.1) is 6.21 Å². The molecule has 0 heterocycles. The number of hydrazone groups is 1. The van der Waals surface area contributed by atoms with Crippen LogP contribution in [0.1, 0.15) is 35.7 Å². The van der Waals surface area contributed by atoms with Crippen LogP contribution >= 0.6 is 11.6 Å². The molecule has 0 radical (unpaired) electrons. The van der Waals surface area contributed by atoms with Crippen LogP contribution in [0.15, 0.2) is 53.6 Å². The smallest absolute Gasteiger partial charge is 0.271 e. The van der Waals surface area contributed by atoms with E-state index in [0.29, 0.717) is 28.3 Å². The highest BCUT2D eigenvalue weighted by Gasteiger charge is 2.05. The van der Waals surface area contributed by atoms with E-state index < -0.39 is 0 Å². The molecule has 0 unspecified atom stereocenters. The summed E-state index contributed by atoms with van der Waals surface area (Å²) in [5, 5.41) is 7.22. The Hall–Kier alpha value is -2.66. The molecule has 0 aliphatic carbocycles. The van der Waals surface area contributed by atoms with Crippen molar-refractivity contribution in [2.75, 3.05) is 5.32 Å². The third kappa shape index (κ3) is 5.21. The summed E-state index contributed by atoms with van der Waals surface area (Å²) in [7, 11) is 0. The van der Waals surface area contributed by atoms with Gasteiger partial charge in [0.2, 0.25) is 5.91 Å². The molecular weight excluding hydrogens is 326 g/mol. The van der Waals surface area contributed by atoms with Gasteiger partial charge in [0.1, 0.15) is 0 Å². The number of benzene rings is 2. The second-order valence-corrected chi connectivity index (χ2v) is 5.50. The van der Waals surface area contributed by atoms with Crippen LogP contribution in [0.5, 0.6) is 0 Å². The Labute approximate surface area is 145 Å². The molecule has 5 nitrogen and oxygen atoms in total. The maximum absolute atomic E-state index is 12.0. The van der Waals surface area contributed by atoms with Crippen LogP contribution in [0.2, 0.25) is 5.02 Å². The first-order valence-electron chi connectivity index (χ1n) is 7.58. The fraction of sp³-hybridized carbons (Fsp3) is 0.167. The highest BCUT2D eigenvalue weighted by molar-refractivity contribution is 6.33. The minimum Gasteiger partial charge on any atom is -0.326 e. The van der Waals surface area contributed by atoms with E-state index in [1.807, 2.05) is 19.1 Å². The summed E-state index contributed by atoms with van der Waals surface area (Å²) >= 11 is 6.00. The van der Waals surface area contributed by atoms with Gasteiger partial charge < -0.3 is 5.32 Å². The Morgan fingerprint density at radius 2 is 1.83 bits per heavy atom. The van der Waals surface area contributed by atoms with E-state index >= 15 is 0 Å². The SMILES string of the molecule is CCCC(=O)Nc1ccc(C(=O)N/N=C/c2ccccc2Cl)cc1. The van der Waals surface area contributed by atoms with E-state index in [0.717, 1.165) is 6.42 Å². The van der Waals surface area contributed by atoms with Crippen LogP contribution in [0.3, 0.4) is 0 Å². The molecule has 0 aliphatic heterocycles. The molecule has 2 aromatic carbocycles. The molecule has 2 aromatic rings. The van der Waals surface area contributed by atoms with Gasteiger partial charge in [0.25, 0.3) is 5.91 Å². The molecule has 6 heteroatoms. The van der Waals surface area contributed by atoms with E-state index in [2.05, 4.69) is 15.8 Å². The number of hydrogen-bond donors (Lipinski definition) is 2. The number of anilines is 1. The van der Waals surface area contributed by atoms with Crippen molar-refractivity contribution in [3.8, 4) is 0 Å². The summed E-state index contributed by atoms with van der Waals surface area (Å²) in [6.07, 6.45) is 2.74. The number of amides is 2. The zero-order valence-electron chi connectivity index (χ0n) is 13.3. The monoisotopic (exact) mass is 343 g/mol. The lowest BCUT2D eigenvalue weighted by atomic mass is 10.2. The zero-order chi connectivity index (χ0) is 17.4. The molecule has 0 fully saturated rings. The number of hydrogen-bond acceptors (Lipinski definition) is 3. The Balaban J connectivity index is 1.93. The van der Waals surface area contributed by atoms with Gasteiger partial charge in [-0.05, 0) is 36.8 Å². The van der Waals surface area contributed by atoms with Crippen LogP contribution in [0.25, 0.3) is 0 Å². The predicted molar refractivity (Wildman–Crippen MR) is 96.5 cm³/mol. The number of nitrogens with zero attached hydrogens (tertiary/aromatic N) is 1. The van der Waals surface area contributed by atoms with Crippen molar-refractivity contribution in [2.24, 2.45) is 5.10 Å². The van der Waals surface area contributed by atoms with Crippen LogP contribution in [0.4, 0.5) is 5.69 Å². The second kappa shape index (κ2) is 8.84. The molecule has 24 heavy (non-hydrogen) atoms. The van der Waals surface area contributed by atoms with Crippen molar-refractivity contribution >= 4 is 35.3 Å². The first kappa shape index (κ1) is 17.7. The summed E-state index contributed by atoms with van der Waals surface area (Å²) in [6.45, 7) is 1.94. The maximum atomic E-state index is 12.0. The Kier molecular flexibility index (Phi) is 6.51. The fourth-order valence-corrected chi connectivity index (χ4v) is 2.14. The Morgan fingerprint density at radius 3 is 2.50 bits per heavy atom. The molecule has 0 spiro atoms. The van der Waals surface area contributed by atoms with Crippen molar-refractivity contribution in [3.05, 3.63) is 64.7 Å². The molecule has 0 saturated heterocycles. The maximum Gasteiger partial charge on any atom is 0.271 e. The number of carbonyl (C=O) groups excluding carboxylic acids is 2. The number of carbonyl (C=O) groups is 2. The van der Waals surface area contributed by atoms with Crippen molar-refractivity contribution in [2.45, 2.75) is 19.8 Å². The summed E-state index contributed by atoms with van der Waals surface area (Å²) < 4.78 is 0. The number of nitrogens with one attached hydrogen (secondary N) is 2. The third-order valence-electron chi connectivity index (χ3n) is 3.18. The molecule has 124 valence electrons. The van der Waals surface area contributed by atoms with Gasteiger partial charge in [-0.1, -0.05) is 36.7 Å². The second-order valence-electron chi connectivity index (χ2n) is 5.10. The molecule has 0 atom stereocenters. The van der Waals surface area contributed by atoms with Crippen molar-refractivity contribution < 1.29 is 9.59 Å². The lowest BCUT2D eigenvalue weighted by Gasteiger charge is -2.05. The fourth-order valence-electron chi connectivity index (χ4n) is 1.96. The normalized spacial score (nSPS) is 10.6. The van der Waals surface area contributed by atoms with Gasteiger partial charge in [-0.15, -0.1) is 0 Å². The molecule has 2 rings (SSSR count). The first-order chi connectivity index (χ1) is 11.6. The molecule has 0 bridgehead atoms. The quantitative estimate of drug-likeness (QED) is 0.618. The van der Waals surface area contributed by atoms with Gasteiger partial charge >= 0.3 is 0 Å². The molecule has 2 N–H and O–H groups in total. The average molecular weight is 344 g/mol. The third-order valence-corrected chi connectivity index (χ3v) is 3.53. The lowest BCUT2D eigenvalue weighted by Crippen LogP contribution is -2.17. The van der Waals surface area contributed by atoms with E-state index in [4.69, 9.17) is 11.6 Å². The summed E-state index contributed by atoms with van der Waals surface area (Å²) in [5.74, 6) is -0.385. The van der Waals surface area contributed by atoms with Gasteiger partial charge in [0, 0.05) is 28.3 Å².